The molecule has 2 bridgehead atoms. The monoisotopic (exact) mass is 368 g/mol. The zero-order valence-corrected chi connectivity index (χ0v) is 15.9. The fourth-order valence-corrected chi connectivity index (χ4v) is 5.27. The molecule has 3 atom stereocenters. The van der Waals surface area contributed by atoms with Gasteiger partial charge in [-0.3, -0.25) is 0 Å². The number of fused-ring (bicyclic) bond motifs is 2. The van der Waals surface area contributed by atoms with Gasteiger partial charge in [0, 0.05) is 22.4 Å². The van der Waals surface area contributed by atoms with Gasteiger partial charge >= 0.3 is 0 Å². The summed E-state index contributed by atoms with van der Waals surface area (Å²) in [7, 11) is 0. The summed E-state index contributed by atoms with van der Waals surface area (Å²) in [5.74, 6) is 2.76. The second-order valence-electron chi connectivity index (χ2n) is 7.18. The van der Waals surface area contributed by atoms with Crippen LogP contribution in [0.2, 0.25) is 0 Å². The van der Waals surface area contributed by atoms with Crippen molar-refractivity contribution < 1.29 is 0 Å². The maximum absolute atomic E-state index is 5.51. The molecule has 2 fully saturated rings. The van der Waals surface area contributed by atoms with Crippen LogP contribution >= 0.6 is 24.0 Å². The van der Waals surface area contributed by atoms with Gasteiger partial charge in [-0.1, -0.05) is 36.8 Å². The Morgan fingerprint density at radius 1 is 1.00 bits per heavy atom. The zero-order valence-electron chi connectivity index (χ0n) is 14.3. The van der Waals surface area contributed by atoms with Crippen molar-refractivity contribution in [2.45, 2.75) is 42.4 Å². The Bertz CT molecular complexity index is 714. The molecule has 0 saturated heterocycles. The fourth-order valence-electron chi connectivity index (χ4n) is 4.12. The average molecular weight is 369 g/mol. The van der Waals surface area contributed by atoms with Crippen LogP contribution in [-0.2, 0) is 5.75 Å². The molecule has 2 saturated carbocycles. The van der Waals surface area contributed by atoms with E-state index in [0.717, 1.165) is 28.4 Å². The number of rotatable bonds is 5. The molecule has 2 nitrogen and oxygen atoms in total. The molecule has 2 aromatic carbocycles. The minimum Gasteiger partial charge on any atom is -0.359 e. The molecule has 0 radical (unpaired) electrons. The lowest BCUT2D eigenvalue weighted by Crippen LogP contribution is -2.40. The standard InChI is InChI=1S/C21H24N2S2/c24-21(23-20-13-16-6-9-17(20)12-16)22-18-10-7-15(8-11-18)14-25-19-4-2-1-3-5-19/h1-5,7-8,10-11,16-17,20H,6,9,12-14H2,(H2,22,23,24)/t16-,17-,20+/m0/s1. The highest BCUT2D eigenvalue weighted by Crippen LogP contribution is 2.44. The predicted octanol–water partition coefficient (Wildman–Crippen LogP) is 5.45. The summed E-state index contributed by atoms with van der Waals surface area (Å²) >= 11 is 7.37. The Morgan fingerprint density at radius 2 is 1.80 bits per heavy atom. The molecular weight excluding hydrogens is 344 g/mol. The first-order valence-corrected chi connectivity index (χ1v) is 10.5. The first-order valence-electron chi connectivity index (χ1n) is 9.10. The van der Waals surface area contributed by atoms with Gasteiger partial charge in [0.05, 0.1) is 0 Å². The summed E-state index contributed by atoms with van der Waals surface area (Å²) < 4.78 is 0. The third kappa shape index (κ3) is 4.36. The molecule has 0 unspecified atom stereocenters. The Kier molecular flexibility index (Phi) is 5.28. The van der Waals surface area contributed by atoms with Crippen LogP contribution in [0.5, 0.6) is 0 Å². The fraction of sp³-hybridized carbons (Fsp3) is 0.381. The van der Waals surface area contributed by atoms with E-state index in [-0.39, 0.29) is 0 Å². The van der Waals surface area contributed by atoms with Gasteiger partial charge in [0.2, 0.25) is 0 Å². The molecule has 2 aromatic rings. The number of anilines is 1. The van der Waals surface area contributed by atoms with Crippen molar-refractivity contribution in [2.24, 2.45) is 11.8 Å². The van der Waals surface area contributed by atoms with Gasteiger partial charge in [-0.2, -0.15) is 0 Å². The van der Waals surface area contributed by atoms with Crippen molar-refractivity contribution in [2.75, 3.05) is 5.32 Å². The van der Waals surface area contributed by atoms with Crippen molar-refractivity contribution in [1.82, 2.24) is 5.32 Å². The van der Waals surface area contributed by atoms with E-state index in [9.17, 15) is 0 Å². The van der Waals surface area contributed by atoms with Gasteiger partial charge in [-0.15, -0.1) is 11.8 Å². The smallest absolute Gasteiger partial charge is 0.171 e. The quantitative estimate of drug-likeness (QED) is 0.541. The molecule has 0 heterocycles. The second-order valence-corrected chi connectivity index (χ2v) is 8.64. The molecule has 0 aliphatic heterocycles. The van der Waals surface area contributed by atoms with E-state index in [4.69, 9.17) is 12.2 Å². The van der Waals surface area contributed by atoms with Crippen LogP contribution in [0.3, 0.4) is 0 Å². The molecule has 2 aliphatic carbocycles. The van der Waals surface area contributed by atoms with Gasteiger partial charge in [0.15, 0.2) is 5.11 Å². The highest BCUT2D eigenvalue weighted by atomic mass is 32.2. The normalized spacial score (nSPS) is 24.2. The predicted molar refractivity (Wildman–Crippen MR) is 111 cm³/mol. The molecule has 0 amide bonds. The minimum absolute atomic E-state index is 0.584. The topological polar surface area (TPSA) is 24.1 Å². The lowest BCUT2D eigenvalue weighted by atomic mass is 9.96. The third-order valence-corrected chi connectivity index (χ3v) is 6.72. The van der Waals surface area contributed by atoms with E-state index in [1.54, 1.807) is 0 Å². The van der Waals surface area contributed by atoms with Crippen molar-refractivity contribution in [3.63, 3.8) is 0 Å². The van der Waals surface area contributed by atoms with Crippen LogP contribution in [0, 0.1) is 11.8 Å². The molecular formula is C21H24N2S2. The molecule has 2 aliphatic rings. The van der Waals surface area contributed by atoms with Crippen LogP contribution in [0.1, 0.15) is 31.2 Å². The van der Waals surface area contributed by atoms with Gasteiger partial charge in [0.1, 0.15) is 0 Å². The number of benzene rings is 2. The summed E-state index contributed by atoms with van der Waals surface area (Å²) in [6.45, 7) is 0. The highest BCUT2D eigenvalue weighted by molar-refractivity contribution is 7.98. The van der Waals surface area contributed by atoms with E-state index in [1.807, 2.05) is 11.8 Å². The van der Waals surface area contributed by atoms with Gasteiger partial charge in [-0.25, -0.2) is 0 Å². The summed E-state index contributed by atoms with van der Waals surface area (Å²) in [6.07, 6.45) is 5.49. The van der Waals surface area contributed by atoms with E-state index >= 15 is 0 Å². The van der Waals surface area contributed by atoms with E-state index in [1.165, 1.54) is 36.1 Å². The van der Waals surface area contributed by atoms with Crippen LogP contribution in [-0.4, -0.2) is 11.2 Å². The van der Waals surface area contributed by atoms with Crippen LogP contribution in [0.4, 0.5) is 5.69 Å². The van der Waals surface area contributed by atoms with Crippen molar-refractivity contribution in [3.8, 4) is 0 Å². The maximum atomic E-state index is 5.51. The van der Waals surface area contributed by atoms with Crippen LogP contribution in [0.15, 0.2) is 59.5 Å². The largest absolute Gasteiger partial charge is 0.359 e. The highest BCUT2D eigenvalue weighted by Gasteiger charge is 2.39. The van der Waals surface area contributed by atoms with Gasteiger partial charge in [-0.05, 0) is 73.1 Å². The van der Waals surface area contributed by atoms with E-state index < -0.39 is 0 Å². The van der Waals surface area contributed by atoms with E-state index in [0.29, 0.717) is 6.04 Å². The SMILES string of the molecule is S=C(Nc1ccc(CSc2ccccc2)cc1)N[C@@H]1C[C@H]2CC[C@H]1C2. The van der Waals surface area contributed by atoms with Crippen LogP contribution < -0.4 is 10.6 Å². The molecule has 4 rings (SSSR count). The number of thiocarbonyl (C=S) groups is 1. The third-order valence-electron chi connectivity index (χ3n) is 5.42. The lowest BCUT2D eigenvalue weighted by molar-refractivity contribution is 0.392. The Hall–Kier alpha value is -1.52. The maximum Gasteiger partial charge on any atom is 0.171 e. The molecule has 0 aromatic heterocycles. The number of hydrogen-bond donors (Lipinski definition) is 2. The van der Waals surface area contributed by atoms with Crippen molar-refractivity contribution in [1.29, 1.82) is 0 Å². The summed E-state index contributed by atoms with van der Waals surface area (Å²) in [6, 6.07) is 19.7. The van der Waals surface area contributed by atoms with Crippen LogP contribution in [0.25, 0.3) is 0 Å². The number of nitrogens with one attached hydrogen (secondary N) is 2. The molecule has 4 heteroatoms. The first-order chi connectivity index (χ1) is 12.3. The Labute approximate surface area is 159 Å². The molecule has 25 heavy (non-hydrogen) atoms. The van der Waals surface area contributed by atoms with E-state index in [2.05, 4.69) is 65.2 Å². The molecule has 0 spiro atoms. The summed E-state index contributed by atoms with van der Waals surface area (Å²) in [5.41, 5.74) is 2.39. The minimum atomic E-state index is 0.584. The second kappa shape index (κ2) is 7.79. The van der Waals surface area contributed by atoms with Gasteiger partial charge < -0.3 is 10.6 Å². The zero-order chi connectivity index (χ0) is 17.1. The Balaban J connectivity index is 1.26. The van der Waals surface area contributed by atoms with Crippen molar-refractivity contribution in [3.05, 3.63) is 60.2 Å². The first kappa shape index (κ1) is 16.9. The lowest BCUT2D eigenvalue weighted by Gasteiger charge is -2.24. The van der Waals surface area contributed by atoms with Gasteiger partial charge in [0.25, 0.3) is 0 Å². The summed E-state index contributed by atoms with van der Waals surface area (Å²) in [4.78, 5) is 1.31. The number of thioether (sulfide) groups is 1. The Morgan fingerprint density at radius 3 is 2.48 bits per heavy atom. The molecule has 130 valence electrons. The van der Waals surface area contributed by atoms with Crippen molar-refractivity contribution >= 4 is 34.8 Å². The molecule has 2 N–H and O–H groups in total. The summed E-state index contributed by atoms with van der Waals surface area (Å²) in [5, 5.41) is 7.65. The number of hydrogen-bond acceptors (Lipinski definition) is 2. The average Bonchev–Trinajstić information content (AvgIpc) is 3.25.